The van der Waals surface area contributed by atoms with Crippen LogP contribution in [0.5, 0.6) is 11.5 Å². The molecular formula is C16H16N2O4. The second-order valence-corrected chi connectivity index (χ2v) is 4.35. The van der Waals surface area contributed by atoms with Crippen molar-refractivity contribution in [2.24, 2.45) is 0 Å². The predicted octanol–water partition coefficient (Wildman–Crippen LogP) is 2.25. The zero-order valence-corrected chi connectivity index (χ0v) is 12.2. The normalized spacial score (nSPS) is 9.82. The highest BCUT2D eigenvalue weighted by Crippen LogP contribution is 2.28. The average molecular weight is 300 g/mol. The lowest BCUT2D eigenvalue weighted by atomic mass is 10.2. The van der Waals surface area contributed by atoms with E-state index in [0.29, 0.717) is 36.0 Å². The van der Waals surface area contributed by atoms with Crippen LogP contribution in [0.2, 0.25) is 0 Å². The van der Waals surface area contributed by atoms with Gasteiger partial charge in [-0.25, -0.2) is 0 Å². The highest BCUT2D eigenvalue weighted by Gasteiger charge is 2.09. The first-order chi connectivity index (χ1) is 10.7. The molecule has 0 fully saturated rings. The first kappa shape index (κ1) is 15.4. The molecule has 0 radical (unpaired) electrons. The van der Waals surface area contributed by atoms with Crippen molar-refractivity contribution in [1.29, 1.82) is 5.26 Å². The molecule has 114 valence electrons. The van der Waals surface area contributed by atoms with Crippen LogP contribution in [0, 0.1) is 11.3 Å². The molecule has 22 heavy (non-hydrogen) atoms. The number of ether oxygens (including phenoxy) is 2. The third-order valence-corrected chi connectivity index (χ3v) is 2.77. The second kappa shape index (κ2) is 7.74. The van der Waals surface area contributed by atoms with Crippen molar-refractivity contribution >= 4 is 5.91 Å². The van der Waals surface area contributed by atoms with Gasteiger partial charge in [-0.1, -0.05) is 0 Å². The summed E-state index contributed by atoms with van der Waals surface area (Å²) in [6.45, 7) is 2.43. The predicted molar refractivity (Wildman–Crippen MR) is 78.4 cm³/mol. The van der Waals surface area contributed by atoms with E-state index in [1.165, 1.54) is 0 Å². The van der Waals surface area contributed by atoms with E-state index < -0.39 is 0 Å². The van der Waals surface area contributed by atoms with Gasteiger partial charge in [0.05, 0.1) is 31.0 Å². The maximum atomic E-state index is 11.7. The van der Waals surface area contributed by atoms with Gasteiger partial charge in [0.25, 0.3) is 5.91 Å². The molecule has 2 aromatic rings. The van der Waals surface area contributed by atoms with E-state index in [-0.39, 0.29) is 12.5 Å². The van der Waals surface area contributed by atoms with Gasteiger partial charge in [0.15, 0.2) is 18.1 Å². The molecule has 1 N–H and O–H groups in total. The van der Waals surface area contributed by atoms with Crippen LogP contribution in [0.15, 0.2) is 41.0 Å². The maximum Gasteiger partial charge on any atom is 0.258 e. The summed E-state index contributed by atoms with van der Waals surface area (Å²) in [5.41, 5.74) is 0.470. The van der Waals surface area contributed by atoms with E-state index >= 15 is 0 Å². The number of furan rings is 1. The summed E-state index contributed by atoms with van der Waals surface area (Å²) in [6, 6.07) is 10.4. The third-order valence-electron chi connectivity index (χ3n) is 2.77. The number of hydrogen-bond acceptors (Lipinski definition) is 5. The van der Waals surface area contributed by atoms with Crippen LogP contribution in [0.4, 0.5) is 0 Å². The highest BCUT2D eigenvalue weighted by molar-refractivity contribution is 5.77. The molecule has 0 bridgehead atoms. The minimum Gasteiger partial charge on any atom is -0.490 e. The maximum absolute atomic E-state index is 11.7. The van der Waals surface area contributed by atoms with Crippen LogP contribution in [0.3, 0.4) is 0 Å². The number of hydrogen-bond donors (Lipinski definition) is 1. The van der Waals surface area contributed by atoms with Gasteiger partial charge >= 0.3 is 0 Å². The second-order valence-electron chi connectivity index (χ2n) is 4.35. The van der Waals surface area contributed by atoms with Crippen molar-refractivity contribution in [2.75, 3.05) is 13.2 Å². The number of nitrogens with one attached hydrogen (secondary N) is 1. The number of nitriles is 1. The van der Waals surface area contributed by atoms with E-state index in [1.54, 1.807) is 36.6 Å². The van der Waals surface area contributed by atoms with E-state index in [1.807, 2.05) is 13.0 Å². The Labute approximate surface area is 128 Å². The highest BCUT2D eigenvalue weighted by atomic mass is 16.5. The molecule has 1 aromatic carbocycles. The fraction of sp³-hybridized carbons (Fsp3) is 0.250. The van der Waals surface area contributed by atoms with E-state index in [0.717, 1.165) is 0 Å². The molecule has 0 aliphatic heterocycles. The van der Waals surface area contributed by atoms with Crippen molar-refractivity contribution in [3.63, 3.8) is 0 Å². The van der Waals surface area contributed by atoms with Gasteiger partial charge in [-0.15, -0.1) is 0 Å². The SMILES string of the molecule is CCOc1cc(C#N)ccc1OCC(=O)NCc1ccco1. The molecule has 0 aliphatic rings. The van der Waals surface area contributed by atoms with Crippen LogP contribution < -0.4 is 14.8 Å². The zero-order valence-electron chi connectivity index (χ0n) is 12.2. The number of benzene rings is 1. The summed E-state index contributed by atoms with van der Waals surface area (Å²) in [5, 5.41) is 11.6. The molecule has 1 aromatic heterocycles. The Morgan fingerprint density at radius 3 is 2.86 bits per heavy atom. The third kappa shape index (κ3) is 4.28. The van der Waals surface area contributed by atoms with E-state index in [4.69, 9.17) is 19.2 Å². The largest absolute Gasteiger partial charge is 0.490 e. The Morgan fingerprint density at radius 2 is 2.18 bits per heavy atom. The topological polar surface area (TPSA) is 84.5 Å². The fourth-order valence-corrected chi connectivity index (χ4v) is 1.76. The van der Waals surface area contributed by atoms with Gasteiger partial charge in [-0.3, -0.25) is 4.79 Å². The van der Waals surface area contributed by atoms with Gasteiger partial charge in [-0.2, -0.15) is 5.26 Å². The minimum absolute atomic E-state index is 0.146. The molecule has 6 heteroatoms. The van der Waals surface area contributed by atoms with Crippen LogP contribution in [0.25, 0.3) is 0 Å². The summed E-state index contributed by atoms with van der Waals surface area (Å²) in [4.78, 5) is 11.7. The molecule has 1 heterocycles. The summed E-state index contributed by atoms with van der Waals surface area (Å²) in [6.07, 6.45) is 1.54. The standard InChI is InChI=1S/C16H16N2O4/c1-2-20-15-8-12(9-17)5-6-14(15)22-11-16(19)18-10-13-4-3-7-21-13/h3-8H,2,10-11H2,1H3,(H,18,19). The van der Waals surface area contributed by atoms with Gasteiger partial charge in [-0.05, 0) is 31.2 Å². The molecule has 0 unspecified atom stereocenters. The molecule has 0 aliphatic carbocycles. The average Bonchev–Trinajstić information content (AvgIpc) is 3.05. The summed E-state index contributed by atoms with van der Waals surface area (Å²) < 4.78 is 16.0. The van der Waals surface area contributed by atoms with E-state index in [9.17, 15) is 4.79 Å². The lowest BCUT2D eigenvalue weighted by Gasteiger charge is -2.12. The van der Waals surface area contributed by atoms with Gasteiger partial charge in [0, 0.05) is 6.07 Å². The molecule has 0 atom stereocenters. The van der Waals surface area contributed by atoms with Crippen LogP contribution in [-0.2, 0) is 11.3 Å². The molecule has 0 saturated heterocycles. The van der Waals surface area contributed by atoms with E-state index in [2.05, 4.69) is 5.32 Å². The van der Waals surface area contributed by atoms with Crippen molar-refractivity contribution in [3.05, 3.63) is 47.9 Å². The summed E-state index contributed by atoms with van der Waals surface area (Å²) >= 11 is 0. The van der Waals surface area contributed by atoms with Gasteiger partial charge in [0.1, 0.15) is 5.76 Å². The smallest absolute Gasteiger partial charge is 0.258 e. The number of rotatable bonds is 7. The summed E-state index contributed by atoms with van der Waals surface area (Å²) in [5.74, 6) is 1.26. The Hall–Kier alpha value is -2.94. The molecule has 1 amide bonds. The Kier molecular flexibility index (Phi) is 5.44. The van der Waals surface area contributed by atoms with Crippen molar-refractivity contribution in [2.45, 2.75) is 13.5 Å². The first-order valence-electron chi connectivity index (χ1n) is 6.81. The number of carbonyl (C=O) groups is 1. The quantitative estimate of drug-likeness (QED) is 0.847. The number of amides is 1. The molecule has 0 spiro atoms. The molecule has 0 saturated carbocycles. The molecule has 2 rings (SSSR count). The first-order valence-corrected chi connectivity index (χ1v) is 6.81. The minimum atomic E-state index is -0.275. The number of nitrogens with zero attached hydrogens (tertiary/aromatic N) is 1. The van der Waals surface area contributed by atoms with Gasteiger partial charge in [0.2, 0.25) is 0 Å². The lowest BCUT2D eigenvalue weighted by molar-refractivity contribution is -0.123. The van der Waals surface area contributed by atoms with Crippen molar-refractivity contribution in [3.8, 4) is 17.6 Å². The fourth-order valence-electron chi connectivity index (χ4n) is 1.76. The van der Waals surface area contributed by atoms with Crippen molar-refractivity contribution in [1.82, 2.24) is 5.32 Å². The van der Waals surface area contributed by atoms with Crippen LogP contribution in [-0.4, -0.2) is 19.1 Å². The Bertz CT molecular complexity index is 659. The van der Waals surface area contributed by atoms with Crippen molar-refractivity contribution < 1.29 is 18.7 Å². The van der Waals surface area contributed by atoms with Crippen LogP contribution in [0.1, 0.15) is 18.2 Å². The lowest BCUT2D eigenvalue weighted by Crippen LogP contribution is -2.28. The van der Waals surface area contributed by atoms with Crippen LogP contribution >= 0.6 is 0 Å². The Morgan fingerprint density at radius 1 is 1.32 bits per heavy atom. The summed E-state index contributed by atoms with van der Waals surface area (Å²) in [7, 11) is 0. The molecular weight excluding hydrogens is 284 g/mol. The molecule has 6 nitrogen and oxygen atoms in total. The number of carbonyl (C=O) groups excluding carboxylic acids is 1. The monoisotopic (exact) mass is 300 g/mol. The Balaban J connectivity index is 1.90. The zero-order chi connectivity index (χ0) is 15.8. The van der Waals surface area contributed by atoms with Gasteiger partial charge < -0.3 is 19.2 Å².